The predicted molar refractivity (Wildman–Crippen MR) is 146 cm³/mol. The molecule has 2 aromatic carbocycles. The van der Waals surface area contributed by atoms with Crippen LogP contribution in [0, 0.1) is 20.8 Å². The Morgan fingerprint density at radius 1 is 0.944 bits per heavy atom. The number of amides is 2. The highest BCUT2D eigenvalue weighted by Gasteiger charge is 2.28. The Kier molecular flexibility index (Phi) is 9.71. The average molecular weight is 516 g/mol. The molecule has 2 rings (SSSR count). The van der Waals surface area contributed by atoms with Gasteiger partial charge in [0.25, 0.3) is 0 Å². The second-order valence-corrected chi connectivity index (χ2v) is 12.6. The molecule has 0 heterocycles. The minimum Gasteiger partial charge on any atom is -0.350 e. The molecule has 7 nitrogen and oxygen atoms in total. The molecule has 0 aromatic heterocycles. The number of hydrogen-bond acceptors (Lipinski definition) is 4. The standard InChI is InChI=1S/C28H41N3O4S/c1-20-11-13-24(14-12-20)19-30(23(4)27(33)29-28(5,6)7)26(32)10-9-15-31(36(8,34)35)25-17-21(2)16-22(3)18-25/h11-14,16-18,23H,9-10,15,19H2,1-8H3,(H,29,33)/t23-/m1/s1. The Morgan fingerprint density at radius 2 is 1.50 bits per heavy atom. The smallest absolute Gasteiger partial charge is 0.242 e. The molecule has 8 heteroatoms. The van der Waals surface area contributed by atoms with Crippen LogP contribution in [0.2, 0.25) is 0 Å². The summed E-state index contributed by atoms with van der Waals surface area (Å²) in [5.74, 6) is -0.419. The van der Waals surface area contributed by atoms with E-state index < -0.39 is 21.6 Å². The Labute approximate surface area is 216 Å². The fourth-order valence-electron chi connectivity index (χ4n) is 4.05. The van der Waals surface area contributed by atoms with Crippen molar-refractivity contribution in [2.45, 2.75) is 79.4 Å². The number of sulfonamides is 1. The van der Waals surface area contributed by atoms with Gasteiger partial charge in [0, 0.05) is 25.0 Å². The van der Waals surface area contributed by atoms with Crippen LogP contribution in [0.4, 0.5) is 5.69 Å². The molecule has 1 N–H and O–H groups in total. The first kappa shape index (κ1) is 29.4. The maximum Gasteiger partial charge on any atom is 0.242 e. The molecule has 0 aliphatic heterocycles. The highest BCUT2D eigenvalue weighted by Crippen LogP contribution is 2.22. The molecule has 36 heavy (non-hydrogen) atoms. The minimum atomic E-state index is -3.53. The van der Waals surface area contributed by atoms with E-state index in [0.717, 1.165) is 22.3 Å². The van der Waals surface area contributed by atoms with E-state index in [1.54, 1.807) is 11.8 Å². The summed E-state index contributed by atoms with van der Waals surface area (Å²) in [6.45, 7) is 13.7. The third kappa shape index (κ3) is 8.97. The van der Waals surface area contributed by atoms with Gasteiger partial charge in [0.2, 0.25) is 21.8 Å². The number of rotatable bonds is 10. The van der Waals surface area contributed by atoms with Gasteiger partial charge in [-0.3, -0.25) is 13.9 Å². The first-order valence-electron chi connectivity index (χ1n) is 12.3. The highest BCUT2D eigenvalue weighted by atomic mass is 32.2. The molecule has 198 valence electrons. The topological polar surface area (TPSA) is 86.8 Å². The summed E-state index contributed by atoms with van der Waals surface area (Å²) >= 11 is 0. The number of nitrogens with one attached hydrogen (secondary N) is 1. The zero-order valence-corrected chi connectivity index (χ0v) is 23.7. The number of carbonyl (C=O) groups is 2. The second kappa shape index (κ2) is 11.9. The number of nitrogens with zero attached hydrogens (tertiary/aromatic N) is 2. The Morgan fingerprint density at radius 3 is 2.00 bits per heavy atom. The number of benzene rings is 2. The zero-order valence-electron chi connectivity index (χ0n) is 22.9. The lowest BCUT2D eigenvalue weighted by atomic mass is 10.1. The van der Waals surface area contributed by atoms with Crippen LogP contribution in [0.3, 0.4) is 0 Å². The number of hydrogen-bond donors (Lipinski definition) is 1. The summed E-state index contributed by atoms with van der Waals surface area (Å²) in [6, 6.07) is 12.8. The van der Waals surface area contributed by atoms with Gasteiger partial charge in [0.15, 0.2) is 0 Å². The van der Waals surface area contributed by atoms with Crippen LogP contribution in [-0.4, -0.2) is 49.5 Å². The van der Waals surface area contributed by atoms with Gasteiger partial charge >= 0.3 is 0 Å². The van der Waals surface area contributed by atoms with E-state index in [-0.39, 0.29) is 24.8 Å². The lowest BCUT2D eigenvalue weighted by molar-refractivity contribution is -0.141. The highest BCUT2D eigenvalue weighted by molar-refractivity contribution is 7.92. The molecule has 2 aromatic rings. The van der Waals surface area contributed by atoms with E-state index in [0.29, 0.717) is 18.7 Å². The van der Waals surface area contributed by atoms with Crippen molar-refractivity contribution in [2.75, 3.05) is 17.1 Å². The molecule has 0 saturated carbocycles. The fourth-order valence-corrected chi connectivity index (χ4v) is 4.99. The van der Waals surface area contributed by atoms with Gasteiger partial charge in [0.05, 0.1) is 11.9 Å². The lowest BCUT2D eigenvalue weighted by Crippen LogP contribution is -2.52. The van der Waals surface area contributed by atoms with E-state index in [9.17, 15) is 18.0 Å². The first-order chi connectivity index (χ1) is 16.6. The number of anilines is 1. The van der Waals surface area contributed by atoms with Crippen LogP contribution < -0.4 is 9.62 Å². The van der Waals surface area contributed by atoms with Gasteiger partial charge in [-0.25, -0.2) is 8.42 Å². The monoisotopic (exact) mass is 515 g/mol. The molecule has 0 aliphatic carbocycles. The van der Waals surface area contributed by atoms with Gasteiger partial charge in [-0.05, 0) is 83.7 Å². The first-order valence-corrected chi connectivity index (χ1v) is 14.1. The molecule has 0 radical (unpaired) electrons. The van der Waals surface area contributed by atoms with Crippen molar-refractivity contribution in [1.29, 1.82) is 0 Å². The van der Waals surface area contributed by atoms with Gasteiger partial charge in [-0.2, -0.15) is 0 Å². The number of aryl methyl sites for hydroxylation is 3. The SMILES string of the molecule is Cc1ccc(CN(C(=O)CCCN(c2cc(C)cc(C)c2)S(C)(=O)=O)[C@H](C)C(=O)NC(C)(C)C)cc1. The molecule has 0 saturated heterocycles. The molecule has 1 atom stereocenters. The Hall–Kier alpha value is -2.87. The minimum absolute atomic E-state index is 0.121. The largest absolute Gasteiger partial charge is 0.350 e. The molecule has 2 amide bonds. The van der Waals surface area contributed by atoms with E-state index in [4.69, 9.17) is 0 Å². The molecule has 0 spiro atoms. The summed E-state index contributed by atoms with van der Waals surface area (Å²) in [5.41, 5.74) is 4.15. The van der Waals surface area contributed by atoms with Gasteiger partial charge in [-0.15, -0.1) is 0 Å². The molecular formula is C28H41N3O4S. The van der Waals surface area contributed by atoms with Gasteiger partial charge in [0.1, 0.15) is 6.04 Å². The van der Waals surface area contributed by atoms with E-state index >= 15 is 0 Å². The third-order valence-corrected chi connectivity index (χ3v) is 6.98. The van der Waals surface area contributed by atoms with Gasteiger partial charge in [-0.1, -0.05) is 35.9 Å². The van der Waals surface area contributed by atoms with Crippen molar-refractivity contribution in [3.05, 3.63) is 64.7 Å². The molecule has 0 aliphatic rings. The average Bonchev–Trinajstić information content (AvgIpc) is 2.72. The summed E-state index contributed by atoms with van der Waals surface area (Å²) in [4.78, 5) is 27.9. The van der Waals surface area contributed by atoms with Crippen molar-refractivity contribution in [3.63, 3.8) is 0 Å². The van der Waals surface area contributed by atoms with Crippen molar-refractivity contribution in [3.8, 4) is 0 Å². The summed E-state index contributed by atoms with van der Waals surface area (Å²) < 4.78 is 26.4. The quantitative estimate of drug-likeness (QED) is 0.505. The van der Waals surface area contributed by atoms with Crippen molar-refractivity contribution >= 4 is 27.5 Å². The summed E-state index contributed by atoms with van der Waals surface area (Å²) in [7, 11) is -3.53. The predicted octanol–water partition coefficient (Wildman–Crippen LogP) is 4.49. The second-order valence-electron chi connectivity index (χ2n) is 10.7. The van der Waals surface area contributed by atoms with E-state index in [1.165, 1.54) is 10.6 Å². The summed E-state index contributed by atoms with van der Waals surface area (Å²) in [5, 5.41) is 2.96. The maximum absolute atomic E-state index is 13.4. The van der Waals surface area contributed by atoms with Crippen LogP contribution in [0.15, 0.2) is 42.5 Å². The molecular weight excluding hydrogens is 474 g/mol. The van der Waals surface area contributed by atoms with Gasteiger partial charge < -0.3 is 10.2 Å². The van der Waals surface area contributed by atoms with Crippen molar-refractivity contribution in [2.24, 2.45) is 0 Å². The van der Waals surface area contributed by atoms with E-state index in [2.05, 4.69) is 5.32 Å². The lowest BCUT2D eigenvalue weighted by Gasteiger charge is -2.32. The van der Waals surface area contributed by atoms with Crippen LogP contribution in [0.5, 0.6) is 0 Å². The van der Waals surface area contributed by atoms with Crippen molar-refractivity contribution < 1.29 is 18.0 Å². The van der Waals surface area contributed by atoms with Crippen LogP contribution in [-0.2, 0) is 26.2 Å². The number of carbonyl (C=O) groups excluding carboxylic acids is 2. The van der Waals surface area contributed by atoms with Crippen LogP contribution >= 0.6 is 0 Å². The zero-order chi connectivity index (χ0) is 27.3. The fraction of sp³-hybridized carbons (Fsp3) is 0.500. The normalized spacial score (nSPS) is 12.7. The van der Waals surface area contributed by atoms with E-state index in [1.807, 2.05) is 84.0 Å². The van der Waals surface area contributed by atoms with Crippen LogP contribution in [0.1, 0.15) is 62.8 Å². The third-order valence-electron chi connectivity index (χ3n) is 5.79. The van der Waals surface area contributed by atoms with Crippen molar-refractivity contribution in [1.82, 2.24) is 10.2 Å². The summed E-state index contributed by atoms with van der Waals surface area (Å²) in [6.07, 6.45) is 1.63. The Bertz CT molecular complexity index is 1150. The molecule has 0 fully saturated rings. The molecule has 0 unspecified atom stereocenters. The molecule has 0 bridgehead atoms. The van der Waals surface area contributed by atoms with Crippen LogP contribution in [0.25, 0.3) is 0 Å². The Balaban J connectivity index is 2.21. The maximum atomic E-state index is 13.4.